The van der Waals surface area contributed by atoms with Crippen LogP contribution in [0.3, 0.4) is 0 Å². The summed E-state index contributed by atoms with van der Waals surface area (Å²) >= 11 is 0. The van der Waals surface area contributed by atoms with Crippen LogP contribution >= 0.6 is 0 Å². The zero-order valence-corrected chi connectivity index (χ0v) is 15.8. The van der Waals surface area contributed by atoms with Crippen LogP contribution in [0, 0.1) is 0 Å². The van der Waals surface area contributed by atoms with Gasteiger partial charge >= 0.3 is 0 Å². The Morgan fingerprint density at radius 1 is 1.11 bits per heavy atom. The van der Waals surface area contributed by atoms with Crippen LogP contribution in [0.5, 0.6) is 11.5 Å². The lowest BCUT2D eigenvalue weighted by atomic mass is 10.3. The van der Waals surface area contributed by atoms with Gasteiger partial charge in [0.2, 0.25) is 5.91 Å². The third-order valence-electron chi connectivity index (χ3n) is 4.42. The van der Waals surface area contributed by atoms with Crippen LogP contribution in [-0.2, 0) is 4.79 Å². The SMILES string of the molecule is CCOc1ccccc1OCCCC(=O)Nc1ccc(N2CCCC2)nc1. The predicted molar refractivity (Wildman–Crippen MR) is 107 cm³/mol. The Morgan fingerprint density at radius 2 is 1.85 bits per heavy atom. The number of nitrogens with one attached hydrogen (secondary N) is 1. The van der Waals surface area contributed by atoms with E-state index < -0.39 is 0 Å². The zero-order chi connectivity index (χ0) is 18.9. The molecule has 0 aliphatic carbocycles. The maximum atomic E-state index is 12.1. The lowest BCUT2D eigenvalue weighted by Gasteiger charge is -2.16. The number of carbonyl (C=O) groups is 1. The second kappa shape index (κ2) is 9.80. The van der Waals surface area contributed by atoms with Crippen molar-refractivity contribution in [3.05, 3.63) is 42.6 Å². The van der Waals surface area contributed by atoms with Crippen molar-refractivity contribution < 1.29 is 14.3 Å². The standard InChI is InChI=1S/C21H27N3O3/c1-2-26-18-8-3-4-9-19(18)27-15-7-10-21(25)23-17-11-12-20(22-16-17)24-13-5-6-14-24/h3-4,8-9,11-12,16H,2,5-7,10,13-15H2,1H3,(H,23,25). The van der Waals surface area contributed by atoms with Gasteiger partial charge in [0.05, 0.1) is 25.1 Å². The van der Waals surface area contributed by atoms with Gasteiger partial charge in [0, 0.05) is 19.5 Å². The Balaban J connectivity index is 1.39. The molecule has 1 saturated heterocycles. The summed E-state index contributed by atoms with van der Waals surface area (Å²) in [5, 5.41) is 2.89. The molecule has 1 aromatic heterocycles. The first-order valence-corrected chi connectivity index (χ1v) is 9.61. The molecule has 0 atom stereocenters. The van der Waals surface area contributed by atoms with E-state index in [4.69, 9.17) is 9.47 Å². The van der Waals surface area contributed by atoms with Gasteiger partial charge in [-0.2, -0.15) is 0 Å². The molecular formula is C21H27N3O3. The van der Waals surface area contributed by atoms with Gasteiger partial charge in [-0.3, -0.25) is 4.79 Å². The average molecular weight is 369 g/mol. The highest BCUT2D eigenvalue weighted by Crippen LogP contribution is 2.26. The number of para-hydroxylation sites is 2. The van der Waals surface area contributed by atoms with Gasteiger partial charge in [-0.1, -0.05) is 12.1 Å². The summed E-state index contributed by atoms with van der Waals surface area (Å²) in [7, 11) is 0. The molecule has 144 valence electrons. The number of amides is 1. The number of carbonyl (C=O) groups excluding carboxylic acids is 1. The van der Waals surface area contributed by atoms with E-state index in [9.17, 15) is 4.79 Å². The molecule has 1 amide bonds. The maximum absolute atomic E-state index is 12.1. The molecule has 2 aromatic rings. The lowest BCUT2D eigenvalue weighted by molar-refractivity contribution is -0.116. The quantitative estimate of drug-likeness (QED) is 0.680. The Bertz CT molecular complexity index is 728. The molecule has 2 heterocycles. The monoisotopic (exact) mass is 369 g/mol. The minimum absolute atomic E-state index is 0.0348. The van der Waals surface area contributed by atoms with E-state index in [1.807, 2.05) is 43.3 Å². The van der Waals surface area contributed by atoms with Crippen molar-refractivity contribution in [3.63, 3.8) is 0 Å². The van der Waals surface area contributed by atoms with Gasteiger partial charge in [-0.15, -0.1) is 0 Å². The van der Waals surface area contributed by atoms with Gasteiger partial charge in [0.1, 0.15) is 5.82 Å². The van der Waals surface area contributed by atoms with Crippen molar-refractivity contribution in [2.75, 3.05) is 36.5 Å². The summed E-state index contributed by atoms with van der Waals surface area (Å²) < 4.78 is 11.3. The molecule has 27 heavy (non-hydrogen) atoms. The molecular weight excluding hydrogens is 342 g/mol. The summed E-state index contributed by atoms with van der Waals surface area (Å²) in [6.07, 6.45) is 5.19. The molecule has 3 rings (SSSR count). The third-order valence-corrected chi connectivity index (χ3v) is 4.42. The number of anilines is 2. The molecule has 6 nitrogen and oxygen atoms in total. The highest BCUT2D eigenvalue weighted by Gasteiger charge is 2.13. The Morgan fingerprint density at radius 3 is 2.52 bits per heavy atom. The van der Waals surface area contributed by atoms with Crippen molar-refractivity contribution in [1.82, 2.24) is 4.98 Å². The minimum Gasteiger partial charge on any atom is -0.490 e. The summed E-state index contributed by atoms with van der Waals surface area (Å²) in [4.78, 5) is 18.8. The van der Waals surface area contributed by atoms with Crippen LogP contribution in [0.4, 0.5) is 11.5 Å². The molecule has 1 fully saturated rings. The Hall–Kier alpha value is -2.76. The number of rotatable bonds is 9. The average Bonchev–Trinajstić information content (AvgIpc) is 3.22. The first kappa shape index (κ1) is 19.0. The van der Waals surface area contributed by atoms with E-state index >= 15 is 0 Å². The summed E-state index contributed by atoms with van der Waals surface area (Å²) in [6, 6.07) is 11.4. The van der Waals surface area contributed by atoms with Crippen molar-refractivity contribution in [2.24, 2.45) is 0 Å². The van der Waals surface area contributed by atoms with Gasteiger partial charge in [0.25, 0.3) is 0 Å². The normalized spacial score (nSPS) is 13.4. The van der Waals surface area contributed by atoms with Crippen molar-refractivity contribution >= 4 is 17.4 Å². The molecule has 0 unspecified atom stereocenters. The van der Waals surface area contributed by atoms with Crippen molar-refractivity contribution in [1.29, 1.82) is 0 Å². The fourth-order valence-electron chi connectivity index (χ4n) is 3.08. The molecule has 0 bridgehead atoms. The van der Waals surface area contributed by atoms with Crippen LogP contribution in [0.15, 0.2) is 42.6 Å². The van der Waals surface area contributed by atoms with E-state index in [0.29, 0.717) is 31.8 Å². The summed E-state index contributed by atoms with van der Waals surface area (Å²) in [5.74, 6) is 2.38. The van der Waals surface area contributed by atoms with E-state index in [2.05, 4.69) is 15.2 Å². The second-order valence-corrected chi connectivity index (χ2v) is 6.48. The number of pyridine rings is 1. The van der Waals surface area contributed by atoms with E-state index in [1.165, 1.54) is 12.8 Å². The molecule has 0 spiro atoms. The fraction of sp³-hybridized carbons (Fsp3) is 0.429. The van der Waals surface area contributed by atoms with Crippen LogP contribution in [0.25, 0.3) is 0 Å². The molecule has 0 radical (unpaired) electrons. The Kier molecular flexibility index (Phi) is 6.90. The van der Waals surface area contributed by atoms with Gasteiger partial charge < -0.3 is 19.7 Å². The second-order valence-electron chi connectivity index (χ2n) is 6.48. The summed E-state index contributed by atoms with van der Waals surface area (Å²) in [5.41, 5.74) is 0.727. The largest absolute Gasteiger partial charge is 0.490 e. The number of ether oxygens (including phenoxy) is 2. The zero-order valence-electron chi connectivity index (χ0n) is 15.8. The first-order valence-electron chi connectivity index (χ1n) is 9.61. The molecule has 1 aromatic carbocycles. The number of hydrogen-bond donors (Lipinski definition) is 1. The van der Waals surface area contributed by atoms with E-state index in [0.717, 1.165) is 30.3 Å². The molecule has 1 aliphatic rings. The number of benzene rings is 1. The number of aromatic nitrogens is 1. The maximum Gasteiger partial charge on any atom is 0.224 e. The van der Waals surface area contributed by atoms with Crippen LogP contribution in [-0.4, -0.2) is 37.2 Å². The third kappa shape index (κ3) is 5.61. The summed E-state index contributed by atoms with van der Waals surface area (Å²) in [6.45, 7) is 5.11. The number of nitrogens with zero attached hydrogens (tertiary/aromatic N) is 2. The van der Waals surface area contributed by atoms with Crippen LogP contribution < -0.4 is 19.7 Å². The van der Waals surface area contributed by atoms with Gasteiger partial charge in [0.15, 0.2) is 11.5 Å². The minimum atomic E-state index is -0.0348. The van der Waals surface area contributed by atoms with Crippen LogP contribution in [0.2, 0.25) is 0 Å². The molecule has 0 saturated carbocycles. The fourth-order valence-corrected chi connectivity index (χ4v) is 3.08. The van der Waals surface area contributed by atoms with Gasteiger partial charge in [-0.25, -0.2) is 4.98 Å². The highest BCUT2D eigenvalue weighted by atomic mass is 16.5. The molecule has 6 heteroatoms. The van der Waals surface area contributed by atoms with Crippen LogP contribution in [0.1, 0.15) is 32.6 Å². The smallest absolute Gasteiger partial charge is 0.224 e. The molecule has 1 aliphatic heterocycles. The number of hydrogen-bond acceptors (Lipinski definition) is 5. The van der Waals surface area contributed by atoms with Crippen molar-refractivity contribution in [3.8, 4) is 11.5 Å². The molecule has 1 N–H and O–H groups in total. The first-order chi connectivity index (χ1) is 13.3. The van der Waals surface area contributed by atoms with E-state index in [1.54, 1.807) is 6.20 Å². The highest BCUT2D eigenvalue weighted by molar-refractivity contribution is 5.90. The Labute approximate surface area is 160 Å². The predicted octanol–water partition coefficient (Wildman–Crippen LogP) is 3.88. The van der Waals surface area contributed by atoms with Gasteiger partial charge in [-0.05, 0) is 50.5 Å². The van der Waals surface area contributed by atoms with Crippen molar-refractivity contribution in [2.45, 2.75) is 32.6 Å². The van der Waals surface area contributed by atoms with E-state index in [-0.39, 0.29) is 5.91 Å². The lowest BCUT2D eigenvalue weighted by Crippen LogP contribution is -2.19. The topological polar surface area (TPSA) is 63.7 Å².